The molecule has 0 bridgehead atoms. The van der Waals surface area contributed by atoms with Gasteiger partial charge in [-0.05, 0) is 43.5 Å². The van der Waals surface area contributed by atoms with Gasteiger partial charge in [0.05, 0.1) is 5.41 Å². The molecule has 0 saturated heterocycles. The molecule has 0 atom stereocenters. The number of aryl methyl sites for hydroxylation is 1. The van der Waals surface area contributed by atoms with Crippen LogP contribution < -0.4 is 0 Å². The van der Waals surface area contributed by atoms with Gasteiger partial charge in [-0.25, -0.2) is 0 Å². The van der Waals surface area contributed by atoms with Gasteiger partial charge in [0.1, 0.15) is 0 Å². The Morgan fingerprint density at radius 3 is 2.67 bits per heavy atom. The van der Waals surface area contributed by atoms with Crippen molar-refractivity contribution < 1.29 is 4.52 Å². The van der Waals surface area contributed by atoms with Crippen molar-refractivity contribution in [2.45, 2.75) is 31.6 Å². The highest BCUT2D eigenvalue weighted by Crippen LogP contribution is 2.47. The summed E-state index contributed by atoms with van der Waals surface area (Å²) >= 11 is 0. The highest BCUT2D eigenvalue weighted by atomic mass is 16.5. The lowest BCUT2D eigenvalue weighted by Gasteiger charge is -2.39. The Labute approximate surface area is 121 Å². The molecule has 1 aliphatic carbocycles. The Morgan fingerprint density at radius 1 is 1.24 bits per heavy atom. The third kappa shape index (κ3) is 1.86. The summed E-state index contributed by atoms with van der Waals surface area (Å²) in [6.45, 7) is 1.94. The van der Waals surface area contributed by atoms with Crippen LogP contribution in [0.4, 0.5) is 0 Å². The zero-order valence-corrected chi connectivity index (χ0v) is 11.7. The number of hydrogen-bond donors (Lipinski definition) is 1. The van der Waals surface area contributed by atoms with Crippen molar-refractivity contribution in [3.05, 3.63) is 47.7 Å². The van der Waals surface area contributed by atoms with Crippen LogP contribution in [-0.2, 0) is 5.41 Å². The van der Waals surface area contributed by atoms with Crippen LogP contribution in [0.5, 0.6) is 0 Å². The number of nitrogens with zero attached hydrogens (tertiary/aromatic N) is 4. The fraction of sp³-hybridized carbons (Fsp3) is 0.333. The lowest BCUT2D eigenvalue weighted by molar-refractivity contribution is 0.272. The van der Waals surface area contributed by atoms with Crippen molar-refractivity contribution in [3.8, 4) is 11.6 Å². The molecule has 106 valence electrons. The molecular formula is C15H15N5O. The number of hydrogen-bond acceptors (Lipinski definition) is 5. The highest BCUT2D eigenvalue weighted by molar-refractivity contribution is 5.47. The van der Waals surface area contributed by atoms with Crippen molar-refractivity contribution >= 4 is 0 Å². The molecule has 1 aliphatic rings. The smallest absolute Gasteiger partial charge is 0.278 e. The minimum Gasteiger partial charge on any atom is -0.332 e. The lowest BCUT2D eigenvalue weighted by Crippen LogP contribution is -2.36. The van der Waals surface area contributed by atoms with Crippen LogP contribution in [0, 0.1) is 6.92 Å². The molecule has 0 aromatic carbocycles. The summed E-state index contributed by atoms with van der Waals surface area (Å²) < 4.78 is 5.41. The zero-order valence-electron chi connectivity index (χ0n) is 11.7. The molecule has 0 aliphatic heterocycles. The van der Waals surface area contributed by atoms with Gasteiger partial charge >= 0.3 is 0 Å². The largest absolute Gasteiger partial charge is 0.332 e. The standard InChI is InChI=1S/C15H15N5O/c1-10-9-12(19-18-10)13-17-14(20-21-13)15(5-2-6-15)11-3-7-16-8-4-11/h3-4,7-9H,2,5-6H2,1H3,(H,18,19). The Bertz CT molecular complexity index is 757. The number of pyridine rings is 1. The van der Waals surface area contributed by atoms with Crippen LogP contribution in [0.15, 0.2) is 35.1 Å². The van der Waals surface area contributed by atoms with Crippen molar-refractivity contribution in [1.29, 1.82) is 0 Å². The van der Waals surface area contributed by atoms with Gasteiger partial charge in [0.2, 0.25) is 0 Å². The average molecular weight is 281 g/mol. The van der Waals surface area contributed by atoms with Crippen molar-refractivity contribution in [2.75, 3.05) is 0 Å². The summed E-state index contributed by atoms with van der Waals surface area (Å²) in [4.78, 5) is 8.67. The minimum atomic E-state index is -0.129. The highest BCUT2D eigenvalue weighted by Gasteiger charge is 2.44. The number of aromatic amines is 1. The van der Waals surface area contributed by atoms with Crippen LogP contribution in [-0.4, -0.2) is 25.3 Å². The van der Waals surface area contributed by atoms with Gasteiger partial charge in [0, 0.05) is 18.1 Å². The summed E-state index contributed by atoms with van der Waals surface area (Å²) in [5.41, 5.74) is 2.73. The van der Waals surface area contributed by atoms with Gasteiger partial charge < -0.3 is 4.52 Å². The molecule has 1 N–H and O–H groups in total. The van der Waals surface area contributed by atoms with E-state index in [0.29, 0.717) is 11.6 Å². The second-order valence-corrected chi connectivity index (χ2v) is 5.53. The third-order valence-electron chi connectivity index (χ3n) is 4.22. The molecule has 0 radical (unpaired) electrons. The van der Waals surface area contributed by atoms with E-state index >= 15 is 0 Å². The molecule has 1 fully saturated rings. The molecule has 21 heavy (non-hydrogen) atoms. The molecule has 0 spiro atoms. The van der Waals surface area contributed by atoms with Crippen LogP contribution in [0.25, 0.3) is 11.6 Å². The maximum Gasteiger partial charge on any atom is 0.278 e. The van der Waals surface area contributed by atoms with Crippen molar-refractivity contribution in [1.82, 2.24) is 25.3 Å². The van der Waals surface area contributed by atoms with Gasteiger partial charge in [-0.1, -0.05) is 11.6 Å². The summed E-state index contributed by atoms with van der Waals surface area (Å²) in [6.07, 6.45) is 6.87. The fourth-order valence-corrected chi connectivity index (χ4v) is 2.89. The summed E-state index contributed by atoms with van der Waals surface area (Å²) in [6, 6.07) is 5.97. The molecule has 4 rings (SSSR count). The maximum atomic E-state index is 5.41. The first-order chi connectivity index (χ1) is 10.3. The molecule has 1 saturated carbocycles. The Kier molecular flexibility index (Phi) is 2.63. The molecule has 3 aromatic heterocycles. The maximum absolute atomic E-state index is 5.41. The van der Waals surface area contributed by atoms with Gasteiger partial charge in [-0.15, -0.1) is 0 Å². The Morgan fingerprint density at radius 2 is 2.05 bits per heavy atom. The third-order valence-corrected chi connectivity index (χ3v) is 4.22. The van der Waals surface area contributed by atoms with E-state index < -0.39 is 0 Å². The van der Waals surface area contributed by atoms with E-state index in [9.17, 15) is 0 Å². The predicted octanol–water partition coefficient (Wildman–Crippen LogP) is 2.63. The van der Waals surface area contributed by atoms with Gasteiger partial charge in [-0.3, -0.25) is 10.1 Å². The molecule has 3 aromatic rings. The second kappa shape index (κ2) is 4.51. The Balaban J connectivity index is 1.74. The van der Waals surface area contributed by atoms with Gasteiger partial charge in [0.25, 0.3) is 5.89 Å². The van der Waals surface area contributed by atoms with E-state index in [1.807, 2.05) is 37.5 Å². The summed E-state index contributed by atoms with van der Waals surface area (Å²) in [5, 5.41) is 11.3. The number of H-pyrrole nitrogens is 1. The second-order valence-electron chi connectivity index (χ2n) is 5.53. The molecular weight excluding hydrogens is 266 g/mol. The molecule has 6 heteroatoms. The number of aromatic nitrogens is 5. The summed E-state index contributed by atoms with van der Waals surface area (Å²) in [7, 11) is 0. The fourth-order valence-electron chi connectivity index (χ4n) is 2.89. The minimum absolute atomic E-state index is 0.129. The lowest BCUT2D eigenvalue weighted by atomic mass is 9.64. The van der Waals surface area contributed by atoms with Crippen molar-refractivity contribution in [2.24, 2.45) is 0 Å². The first-order valence-electron chi connectivity index (χ1n) is 7.05. The first-order valence-corrected chi connectivity index (χ1v) is 7.05. The van der Waals surface area contributed by atoms with Crippen LogP contribution in [0.1, 0.15) is 36.3 Å². The van der Waals surface area contributed by atoms with E-state index in [0.717, 1.165) is 24.4 Å². The normalized spacial score (nSPS) is 16.6. The van der Waals surface area contributed by atoms with Crippen LogP contribution in [0.2, 0.25) is 0 Å². The quantitative estimate of drug-likeness (QED) is 0.798. The Hall–Kier alpha value is -2.50. The number of rotatable bonds is 3. The molecule has 3 heterocycles. The van der Waals surface area contributed by atoms with E-state index in [-0.39, 0.29) is 5.41 Å². The van der Waals surface area contributed by atoms with E-state index in [1.165, 1.54) is 12.0 Å². The van der Waals surface area contributed by atoms with Crippen LogP contribution >= 0.6 is 0 Å². The van der Waals surface area contributed by atoms with E-state index in [2.05, 4.69) is 25.3 Å². The predicted molar refractivity (Wildman–Crippen MR) is 75.5 cm³/mol. The van der Waals surface area contributed by atoms with Gasteiger partial charge in [-0.2, -0.15) is 10.1 Å². The molecule has 0 amide bonds. The zero-order chi connectivity index (χ0) is 14.3. The van der Waals surface area contributed by atoms with Crippen LogP contribution in [0.3, 0.4) is 0 Å². The SMILES string of the molecule is Cc1cc(-c2nc(C3(c4ccncc4)CCC3)no2)n[nH]1. The molecule has 0 unspecified atom stereocenters. The number of nitrogens with one attached hydrogen (secondary N) is 1. The molecule has 6 nitrogen and oxygen atoms in total. The topological polar surface area (TPSA) is 80.5 Å². The first kappa shape index (κ1) is 12.3. The monoisotopic (exact) mass is 281 g/mol. The average Bonchev–Trinajstić information content (AvgIpc) is 3.08. The summed E-state index contributed by atoms with van der Waals surface area (Å²) in [5.74, 6) is 1.21. The van der Waals surface area contributed by atoms with Gasteiger partial charge in [0.15, 0.2) is 11.5 Å². The van der Waals surface area contributed by atoms with E-state index in [4.69, 9.17) is 4.52 Å². The van der Waals surface area contributed by atoms with E-state index in [1.54, 1.807) is 0 Å². The van der Waals surface area contributed by atoms with Crippen molar-refractivity contribution in [3.63, 3.8) is 0 Å².